The molecular formula is C29H34N4O3. The van der Waals surface area contributed by atoms with Gasteiger partial charge in [-0.2, -0.15) is 0 Å². The largest absolute Gasteiger partial charge is 0.497 e. The highest BCUT2D eigenvalue weighted by molar-refractivity contribution is 6.09. The van der Waals surface area contributed by atoms with Gasteiger partial charge in [-0.05, 0) is 42.0 Å². The number of nitrogens with one attached hydrogen (secondary N) is 1. The molecular weight excluding hydrogens is 452 g/mol. The molecule has 3 aromatic rings. The molecule has 2 amide bonds. The number of benzene rings is 2. The minimum absolute atomic E-state index is 0.0995. The third kappa shape index (κ3) is 5.90. The quantitative estimate of drug-likeness (QED) is 0.458. The maximum absolute atomic E-state index is 14.0. The number of nitrogens with zero attached hydrogens (tertiary/aromatic N) is 3. The Hall–Kier alpha value is -3.74. The number of amides is 2. The van der Waals surface area contributed by atoms with Crippen LogP contribution in [0.5, 0.6) is 5.75 Å². The van der Waals surface area contributed by atoms with Crippen molar-refractivity contribution in [2.24, 2.45) is 0 Å². The number of rotatable bonds is 8. The molecule has 7 heteroatoms. The van der Waals surface area contributed by atoms with E-state index in [0.717, 1.165) is 31.2 Å². The zero-order valence-corrected chi connectivity index (χ0v) is 21.2. The highest BCUT2D eigenvalue weighted by Crippen LogP contribution is 2.33. The summed E-state index contributed by atoms with van der Waals surface area (Å²) in [5.74, 6) is 0.322. The van der Waals surface area contributed by atoms with Crippen molar-refractivity contribution in [1.29, 1.82) is 0 Å². The van der Waals surface area contributed by atoms with Crippen LogP contribution >= 0.6 is 0 Å². The lowest BCUT2D eigenvalue weighted by atomic mass is 9.94. The first-order valence-corrected chi connectivity index (χ1v) is 12.6. The minimum Gasteiger partial charge on any atom is -0.497 e. The lowest BCUT2D eigenvalue weighted by Crippen LogP contribution is -2.47. The molecule has 1 aliphatic carbocycles. The molecule has 36 heavy (non-hydrogen) atoms. The fourth-order valence-electron chi connectivity index (χ4n) is 4.68. The second kappa shape index (κ2) is 11.8. The SMILES string of the molecule is COc1cccc(N(C(=O)c2cnccn2)[C@@H](C(=O)NC2CCCCC2)c2ccc(C(C)C)cc2)c1. The predicted molar refractivity (Wildman–Crippen MR) is 140 cm³/mol. The Bertz CT molecular complexity index is 1160. The minimum atomic E-state index is -0.894. The zero-order valence-electron chi connectivity index (χ0n) is 21.2. The van der Waals surface area contributed by atoms with Gasteiger partial charge in [0, 0.05) is 30.2 Å². The molecule has 1 saturated carbocycles. The van der Waals surface area contributed by atoms with Crippen LogP contribution in [0.4, 0.5) is 5.69 Å². The van der Waals surface area contributed by atoms with Crippen LogP contribution in [0.15, 0.2) is 67.1 Å². The Kier molecular flexibility index (Phi) is 8.31. The van der Waals surface area contributed by atoms with Crippen LogP contribution in [-0.2, 0) is 4.79 Å². The van der Waals surface area contributed by atoms with E-state index in [1.165, 1.54) is 35.5 Å². The first kappa shape index (κ1) is 25.4. The molecule has 0 spiro atoms. The topological polar surface area (TPSA) is 84.4 Å². The Labute approximate surface area is 212 Å². The van der Waals surface area contributed by atoms with Crippen LogP contribution < -0.4 is 15.0 Å². The van der Waals surface area contributed by atoms with Gasteiger partial charge in [-0.3, -0.25) is 19.5 Å². The standard InChI is InChI=1S/C29H34N4O3/c1-20(2)21-12-14-22(15-13-21)27(28(34)32-23-8-5-4-6-9-23)33(24-10-7-11-25(18-24)36-3)29(35)26-19-30-16-17-31-26/h7,10-20,23,27H,4-6,8-9H2,1-3H3,(H,32,34)/t27-/m1/s1. The predicted octanol–water partition coefficient (Wildman–Crippen LogP) is 5.45. The molecule has 0 bridgehead atoms. The number of hydrogen-bond acceptors (Lipinski definition) is 5. The average Bonchev–Trinajstić information content (AvgIpc) is 2.92. The van der Waals surface area contributed by atoms with E-state index in [-0.39, 0.29) is 17.6 Å². The first-order valence-electron chi connectivity index (χ1n) is 12.6. The van der Waals surface area contributed by atoms with Crippen molar-refractivity contribution in [3.8, 4) is 5.75 Å². The van der Waals surface area contributed by atoms with E-state index in [4.69, 9.17) is 4.74 Å². The Balaban J connectivity index is 1.82. The molecule has 1 aromatic heterocycles. The molecule has 188 valence electrons. The number of ether oxygens (including phenoxy) is 1. The summed E-state index contributed by atoms with van der Waals surface area (Å²) in [5, 5.41) is 3.24. The molecule has 2 aromatic carbocycles. The van der Waals surface area contributed by atoms with Crippen LogP contribution in [0.1, 0.15) is 79.5 Å². The lowest BCUT2D eigenvalue weighted by Gasteiger charge is -2.33. The van der Waals surface area contributed by atoms with Gasteiger partial charge in [-0.25, -0.2) is 4.98 Å². The molecule has 1 atom stereocenters. The molecule has 4 rings (SSSR count). The van der Waals surface area contributed by atoms with Crippen molar-refractivity contribution in [1.82, 2.24) is 15.3 Å². The van der Waals surface area contributed by atoms with E-state index in [1.54, 1.807) is 19.2 Å². The van der Waals surface area contributed by atoms with E-state index < -0.39 is 11.9 Å². The van der Waals surface area contributed by atoms with Gasteiger partial charge in [-0.1, -0.05) is 63.4 Å². The molecule has 1 fully saturated rings. The van der Waals surface area contributed by atoms with E-state index in [1.807, 2.05) is 36.4 Å². The summed E-state index contributed by atoms with van der Waals surface area (Å²) >= 11 is 0. The van der Waals surface area contributed by atoms with Gasteiger partial charge in [0.1, 0.15) is 17.5 Å². The summed E-state index contributed by atoms with van der Waals surface area (Å²) in [6.45, 7) is 4.25. The van der Waals surface area contributed by atoms with E-state index in [2.05, 4.69) is 29.1 Å². The molecule has 1 aliphatic rings. The molecule has 0 aliphatic heterocycles. The highest BCUT2D eigenvalue weighted by atomic mass is 16.5. The van der Waals surface area contributed by atoms with Crippen molar-refractivity contribution in [3.63, 3.8) is 0 Å². The van der Waals surface area contributed by atoms with Crippen molar-refractivity contribution in [2.45, 2.75) is 64.0 Å². The van der Waals surface area contributed by atoms with Crippen molar-refractivity contribution >= 4 is 17.5 Å². The number of carbonyl (C=O) groups is 2. The van der Waals surface area contributed by atoms with Gasteiger partial charge in [0.15, 0.2) is 0 Å². The van der Waals surface area contributed by atoms with Crippen molar-refractivity contribution in [2.75, 3.05) is 12.0 Å². The number of hydrogen-bond donors (Lipinski definition) is 1. The molecule has 1 N–H and O–H groups in total. The van der Waals surface area contributed by atoms with Gasteiger partial charge in [0.05, 0.1) is 13.3 Å². The molecule has 0 saturated heterocycles. The first-order chi connectivity index (χ1) is 17.5. The monoisotopic (exact) mass is 486 g/mol. The second-order valence-electron chi connectivity index (χ2n) is 9.53. The van der Waals surface area contributed by atoms with Crippen LogP contribution in [0.2, 0.25) is 0 Å². The maximum Gasteiger partial charge on any atom is 0.279 e. The Morgan fingerprint density at radius 1 is 1.00 bits per heavy atom. The summed E-state index contributed by atoms with van der Waals surface area (Å²) in [5.41, 5.74) is 2.60. The van der Waals surface area contributed by atoms with E-state index in [9.17, 15) is 9.59 Å². The molecule has 1 heterocycles. The van der Waals surface area contributed by atoms with Crippen LogP contribution in [-0.4, -0.2) is 34.9 Å². The third-order valence-electron chi connectivity index (χ3n) is 6.71. The van der Waals surface area contributed by atoms with Gasteiger partial charge in [0.25, 0.3) is 5.91 Å². The van der Waals surface area contributed by atoms with Gasteiger partial charge >= 0.3 is 0 Å². The highest BCUT2D eigenvalue weighted by Gasteiger charge is 2.35. The molecule has 0 radical (unpaired) electrons. The van der Waals surface area contributed by atoms with Gasteiger partial charge in [-0.15, -0.1) is 0 Å². The van der Waals surface area contributed by atoms with Crippen molar-refractivity contribution < 1.29 is 14.3 Å². The average molecular weight is 487 g/mol. The molecule has 0 unspecified atom stereocenters. The summed E-state index contributed by atoms with van der Waals surface area (Å²) < 4.78 is 5.43. The zero-order chi connectivity index (χ0) is 25.5. The smallest absolute Gasteiger partial charge is 0.279 e. The number of methoxy groups -OCH3 is 1. The Morgan fingerprint density at radius 2 is 1.72 bits per heavy atom. The van der Waals surface area contributed by atoms with Crippen LogP contribution in [0.25, 0.3) is 0 Å². The van der Waals surface area contributed by atoms with Crippen LogP contribution in [0, 0.1) is 0 Å². The number of carbonyl (C=O) groups excluding carboxylic acids is 2. The fourth-order valence-corrected chi connectivity index (χ4v) is 4.68. The van der Waals surface area contributed by atoms with Gasteiger partial charge < -0.3 is 10.1 Å². The summed E-state index contributed by atoms with van der Waals surface area (Å²) in [6, 6.07) is 14.3. The lowest BCUT2D eigenvalue weighted by molar-refractivity contribution is -0.123. The molecule has 7 nitrogen and oxygen atoms in total. The van der Waals surface area contributed by atoms with Crippen LogP contribution in [0.3, 0.4) is 0 Å². The fraction of sp³-hybridized carbons (Fsp3) is 0.379. The second-order valence-corrected chi connectivity index (χ2v) is 9.53. The van der Waals surface area contributed by atoms with Crippen molar-refractivity contribution in [3.05, 3.63) is 83.9 Å². The van der Waals surface area contributed by atoms with E-state index >= 15 is 0 Å². The Morgan fingerprint density at radius 3 is 2.36 bits per heavy atom. The van der Waals surface area contributed by atoms with Gasteiger partial charge in [0.2, 0.25) is 5.91 Å². The summed E-state index contributed by atoms with van der Waals surface area (Å²) in [7, 11) is 1.58. The summed E-state index contributed by atoms with van der Waals surface area (Å²) in [4.78, 5) is 37.7. The summed E-state index contributed by atoms with van der Waals surface area (Å²) in [6.07, 6.45) is 9.69. The van der Waals surface area contributed by atoms with E-state index in [0.29, 0.717) is 17.4 Å². The number of anilines is 1. The maximum atomic E-state index is 14.0. The normalized spacial score (nSPS) is 14.8. The number of aromatic nitrogens is 2. The third-order valence-corrected chi connectivity index (χ3v) is 6.71.